The molecule has 0 fully saturated rings. The zero-order chi connectivity index (χ0) is 16.1. The topological polar surface area (TPSA) is 101 Å². The van der Waals surface area contributed by atoms with E-state index >= 15 is 0 Å². The van der Waals surface area contributed by atoms with Gasteiger partial charge in [-0.15, -0.1) is 11.3 Å². The second-order valence-corrected chi connectivity index (χ2v) is 5.50. The molecule has 23 heavy (non-hydrogen) atoms. The Morgan fingerprint density at radius 3 is 2.65 bits per heavy atom. The van der Waals surface area contributed by atoms with Crippen molar-refractivity contribution in [2.45, 2.75) is 0 Å². The average Bonchev–Trinajstić information content (AvgIpc) is 3.06. The molecule has 2 aromatic heterocycles. The van der Waals surface area contributed by atoms with Crippen molar-refractivity contribution in [3.05, 3.63) is 58.5 Å². The van der Waals surface area contributed by atoms with Crippen LogP contribution in [0.4, 0.5) is 17.6 Å². The number of nitrogen functional groups attached to an aromatic ring is 1. The van der Waals surface area contributed by atoms with E-state index in [1.807, 2.05) is 47.8 Å². The van der Waals surface area contributed by atoms with Crippen molar-refractivity contribution in [2.75, 3.05) is 11.1 Å². The lowest BCUT2D eigenvalue weighted by Gasteiger charge is -2.06. The Kier molecular flexibility index (Phi) is 4.27. The van der Waals surface area contributed by atoms with Gasteiger partial charge in [0.25, 0.3) is 0 Å². The molecule has 0 aliphatic rings. The Labute approximate surface area is 137 Å². The Morgan fingerprint density at radius 2 is 1.96 bits per heavy atom. The third-order valence-corrected chi connectivity index (χ3v) is 3.69. The SMILES string of the molecule is N#C/C(=C\c1cccs1)c1nc(N)nc(Nc2ccccc2)n1. The van der Waals surface area contributed by atoms with Crippen LogP contribution in [-0.4, -0.2) is 15.0 Å². The van der Waals surface area contributed by atoms with Gasteiger partial charge in [0.2, 0.25) is 11.9 Å². The maximum Gasteiger partial charge on any atom is 0.232 e. The average molecular weight is 320 g/mol. The Morgan fingerprint density at radius 1 is 1.13 bits per heavy atom. The third-order valence-electron chi connectivity index (χ3n) is 2.87. The zero-order valence-electron chi connectivity index (χ0n) is 12.0. The molecular weight excluding hydrogens is 308 g/mol. The van der Waals surface area contributed by atoms with Crippen LogP contribution in [0.3, 0.4) is 0 Å². The standard InChI is InChI=1S/C16H12N6S/c17-10-11(9-13-7-4-8-23-13)14-20-15(18)22-16(21-14)19-12-5-2-1-3-6-12/h1-9H,(H3,18,19,20,21,22)/b11-9+. The highest BCUT2D eigenvalue weighted by Crippen LogP contribution is 2.20. The summed E-state index contributed by atoms with van der Waals surface area (Å²) in [4.78, 5) is 13.3. The highest BCUT2D eigenvalue weighted by atomic mass is 32.1. The number of hydrogen-bond donors (Lipinski definition) is 2. The number of nitrogens with zero attached hydrogens (tertiary/aromatic N) is 4. The van der Waals surface area contributed by atoms with Crippen molar-refractivity contribution < 1.29 is 0 Å². The molecule has 3 N–H and O–H groups in total. The summed E-state index contributed by atoms with van der Waals surface area (Å²) in [5, 5.41) is 14.4. The van der Waals surface area contributed by atoms with E-state index in [1.54, 1.807) is 6.08 Å². The summed E-state index contributed by atoms with van der Waals surface area (Å²) in [6, 6.07) is 15.4. The van der Waals surface area contributed by atoms with Crippen LogP contribution in [0.15, 0.2) is 47.8 Å². The van der Waals surface area contributed by atoms with Crippen molar-refractivity contribution in [1.82, 2.24) is 15.0 Å². The fraction of sp³-hybridized carbons (Fsp3) is 0. The number of nitrogens with one attached hydrogen (secondary N) is 1. The van der Waals surface area contributed by atoms with Crippen molar-refractivity contribution in [1.29, 1.82) is 5.26 Å². The number of rotatable bonds is 4. The molecule has 3 aromatic rings. The van der Waals surface area contributed by atoms with Crippen LogP contribution in [0.25, 0.3) is 11.6 Å². The molecule has 7 heteroatoms. The molecular formula is C16H12N6S. The van der Waals surface area contributed by atoms with Crippen LogP contribution in [0, 0.1) is 11.3 Å². The maximum absolute atomic E-state index is 9.37. The quantitative estimate of drug-likeness (QED) is 0.715. The van der Waals surface area contributed by atoms with E-state index < -0.39 is 0 Å². The van der Waals surface area contributed by atoms with E-state index in [1.165, 1.54) is 11.3 Å². The Hall–Kier alpha value is -3.24. The number of nitriles is 1. The first-order valence-electron chi connectivity index (χ1n) is 6.74. The van der Waals surface area contributed by atoms with Gasteiger partial charge in [-0.25, -0.2) is 0 Å². The van der Waals surface area contributed by atoms with Crippen molar-refractivity contribution in [3.8, 4) is 6.07 Å². The molecule has 0 aliphatic heterocycles. The molecule has 0 amide bonds. The summed E-state index contributed by atoms with van der Waals surface area (Å²) in [5.41, 5.74) is 6.90. The normalized spacial score (nSPS) is 11.0. The van der Waals surface area contributed by atoms with Crippen LogP contribution in [-0.2, 0) is 0 Å². The molecule has 0 unspecified atom stereocenters. The number of nitrogens with two attached hydrogens (primary N) is 1. The molecule has 0 aliphatic carbocycles. The van der Waals surface area contributed by atoms with Crippen LogP contribution in [0.2, 0.25) is 0 Å². The smallest absolute Gasteiger partial charge is 0.232 e. The molecule has 0 saturated heterocycles. The van der Waals surface area contributed by atoms with Gasteiger partial charge in [-0.05, 0) is 29.7 Å². The highest BCUT2D eigenvalue weighted by molar-refractivity contribution is 7.10. The van der Waals surface area contributed by atoms with E-state index in [0.717, 1.165) is 10.6 Å². The first kappa shape index (κ1) is 14.7. The van der Waals surface area contributed by atoms with Gasteiger partial charge in [0.15, 0.2) is 5.82 Å². The maximum atomic E-state index is 9.37. The van der Waals surface area contributed by atoms with Gasteiger partial charge in [-0.1, -0.05) is 24.3 Å². The molecule has 0 atom stereocenters. The Bertz CT molecular complexity index is 865. The lowest BCUT2D eigenvalue weighted by atomic mass is 10.2. The summed E-state index contributed by atoms with van der Waals surface area (Å²) >= 11 is 1.53. The van der Waals surface area contributed by atoms with Gasteiger partial charge < -0.3 is 11.1 Å². The third kappa shape index (κ3) is 3.70. The van der Waals surface area contributed by atoms with Crippen molar-refractivity contribution in [2.24, 2.45) is 0 Å². The summed E-state index contributed by atoms with van der Waals surface area (Å²) < 4.78 is 0. The summed E-state index contributed by atoms with van der Waals surface area (Å²) in [6.07, 6.45) is 1.73. The van der Waals surface area contributed by atoms with Gasteiger partial charge in [0, 0.05) is 10.6 Å². The second kappa shape index (κ2) is 6.68. The fourth-order valence-electron chi connectivity index (χ4n) is 1.88. The summed E-state index contributed by atoms with van der Waals surface area (Å²) in [6.45, 7) is 0. The minimum Gasteiger partial charge on any atom is -0.368 e. The minimum absolute atomic E-state index is 0.0563. The van der Waals surface area contributed by atoms with Gasteiger partial charge >= 0.3 is 0 Å². The predicted molar refractivity (Wildman–Crippen MR) is 91.8 cm³/mol. The number of allylic oxidation sites excluding steroid dienone is 1. The largest absolute Gasteiger partial charge is 0.368 e. The molecule has 2 heterocycles. The Balaban J connectivity index is 1.95. The molecule has 0 bridgehead atoms. The second-order valence-electron chi connectivity index (χ2n) is 4.52. The van der Waals surface area contributed by atoms with E-state index in [-0.39, 0.29) is 11.8 Å². The van der Waals surface area contributed by atoms with Crippen molar-refractivity contribution >= 4 is 40.6 Å². The lowest BCUT2D eigenvalue weighted by Crippen LogP contribution is -2.06. The molecule has 0 saturated carbocycles. The minimum atomic E-state index is 0.0563. The van der Waals surface area contributed by atoms with E-state index in [2.05, 4.69) is 26.3 Å². The zero-order valence-corrected chi connectivity index (χ0v) is 12.8. The fourth-order valence-corrected chi connectivity index (χ4v) is 2.54. The number of hydrogen-bond acceptors (Lipinski definition) is 7. The molecule has 0 radical (unpaired) electrons. The van der Waals surface area contributed by atoms with Crippen LogP contribution >= 0.6 is 11.3 Å². The van der Waals surface area contributed by atoms with Gasteiger partial charge in [0.1, 0.15) is 6.07 Å². The molecule has 6 nitrogen and oxygen atoms in total. The van der Waals surface area contributed by atoms with Crippen molar-refractivity contribution in [3.63, 3.8) is 0 Å². The predicted octanol–water partition coefficient (Wildman–Crippen LogP) is 3.32. The summed E-state index contributed by atoms with van der Waals surface area (Å²) in [7, 11) is 0. The van der Waals surface area contributed by atoms with E-state index in [4.69, 9.17) is 5.73 Å². The summed E-state index contributed by atoms with van der Waals surface area (Å²) in [5.74, 6) is 0.596. The van der Waals surface area contributed by atoms with Crippen LogP contribution in [0.1, 0.15) is 10.7 Å². The molecule has 1 aromatic carbocycles. The van der Waals surface area contributed by atoms with Gasteiger partial charge in [-0.3, -0.25) is 0 Å². The monoisotopic (exact) mass is 320 g/mol. The van der Waals surface area contributed by atoms with E-state index in [0.29, 0.717) is 11.5 Å². The molecule has 112 valence electrons. The first-order chi connectivity index (χ1) is 11.2. The molecule has 0 spiro atoms. The number of benzene rings is 1. The van der Waals surface area contributed by atoms with E-state index in [9.17, 15) is 5.26 Å². The van der Waals surface area contributed by atoms with Crippen LogP contribution < -0.4 is 11.1 Å². The lowest BCUT2D eigenvalue weighted by molar-refractivity contribution is 1.04. The number of aromatic nitrogens is 3. The van der Waals surface area contributed by atoms with Gasteiger partial charge in [-0.2, -0.15) is 20.2 Å². The number of anilines is 3. The van der Waals surface area contributed by atoms with Gasteiger partial charge in [0.05, 0.1) is 5.57 Å². The number of para-hydroxylation sites is 1. The van der Waals surface area contributed by atoms with Crippen LogP contribution in [0.5, 0.6) is 0 Å². The highest BCUT2D eigenvalue weighted by Gasteiger charge is 2.10. The number of thiophene rings is 1. The molecule has 3 rings (SSSR count). The first-order valence-corrected chi connectivity index (χ1v) is 7.62.